The third-order valence-corrected chi connectivity index (χ3v) is 3.07. The molecule has 0 aliphatic rings. The molecule has 0 saturated carbocycles. The molecule has 2 N–H and O–H groups in total. The Morgan fingerprint density at radius 1 is 1.20 bits per heavy atom. The molecule has 0 atom stereocenters. The molecule has 0 radical (unpaired) electrons. The van der Waals surface area contributed by atoms with Gasteiger partial charge in [-0.25, -0.2) is 5.43 Å². The molecule has 8 heteroatoms. The van der Waals surface area contributed by atoms with Gasteiger partial charge in [-0.2, -0.15) is 5.10 Å². The number of benzene rings is 1. The minimum Gasteiger partial charge on any atom is -0.497 e. The first-order valence-corrected chi connectivity index (χ1v) is 7.92. The molecule has 0 fully saturated rings. The fourth-order valence-corrected chi connectivity index (χ4v) is 1.81. The molecule has 1 aromatic rings. The fraction of sp³-hybridized carbons (Fsp3) is 0.471. The second kappa shape index (κ2) is 11.0. The van der Waals surface area contributed by atoms with E-state index in [0.717, 1.165) is 0 Å². The van der Waals surface area contributed by atoms with Crippen LogP contribution in [0.4, 0.5) is 0 Å². The molecule has 0 unspecified atom stereocenters. The Hall–Kier alpha value is -2.61. The van der Waals surface area contributed by atoms with E-state index < -0.39 is 11.8 Å². The zero-order valence-electron chi connectivity index (χ0n) is 15.0. The van der Waals surface area contributed by atoms with Gasteiger partial charge >= 0.3 is 11.8 Å². The van der Waals surface area contributed by atoms with Crippen molar-refractivity contribution in [2.24, 2.45) is 5.10 Å². The van der Waals surface area contributed by atoms with E-state index in [9.17, 15) is 9.59 Å². The number of rotatable bonds is 9. The zero-order chi connectivity index (χ0) is 18.7. The van der Waals surface area contributed by atoms with Crippen molar-refractivity contribution in [3.05, 3.63) is 23.8 Å². The van der Waals surface area contributed by atoms with Crippen molar-refractivity contribution in [1.82, 2.24) is 10.7 Å². The molecule has 8 nitrogen and oxygen atoms in total. The number of hydrazone groups is 1. The Labute approximate surface area is 147 Å². The highest BCUT2D eigenvalue weighted by Crippen LogP contribution is 2.22. The first-order valence-electron chi connectivity index (χ1n) is 7.92. The van der Waals surface area contributed by atoms with Crippen LogP contribution in [0.3, 0.4) is 0 Å². The smallest absolute Gasteiger partial charge is 0.329 e. The summed E-state index contributed by atoms with van der Waals surface area (Å²) in [5, 5.41) is 6.26. The lowest BCUT2D eigenvalue weighted by Crippen LogP contribution is -2.38. The Morgan fingerprint density at radius 3 is 2.60 bits per heavy atom. The molecular weight excluding hydrogens is 326 g/mol. The van der Waals surface area contributed by atoms with Gasteiger partial charge in [0.05, 0.1) is 26.5 Å². The molecule has 0 aliphatic heterocycles. The van der Waals surface area contributed by atoms with Crippen molar-refractivity contribution in [3.8, 4) is 11.5 Å². The Morgan fingerprint density at radius 2 is 1.96 bits per heavy atom. The minimum atomic E-state index is -0.839. The van der Waals surface area contributed by atoms with Gasteiger partial charge in [0.15, 0.2) is 0 Å². The normalized spacial score (nSPS) is 10.8. The van der Waals surface area contributed by atoms with Gasteiger partial charge in [0.2, 0.25) is 0 Å². The molecule has 0 heterocycles. The van der Waals surface area contributed by atoms with Crippen LogP contribution in [0, 0.1) is 0 Å². The van der Waals surface area contributed by atoms with Crippen molar-refractivity contribution in [1.29, 1.82) is 0 Å². The Kier molecular flexibility index (Phi) is 9.02. The van der Waals surface area contributed by atoms with Gasteiger partial charge in [-0.1, -0.05) is 0 Å². The second-order valence-corrected chi connectivity index (χ2v) is 5.34. The summed E-state index contributed by atoms with van der Waals surface area (Å²) < 4.78 is 15.6. The van der Waals surface area contributed by atoms with Gasteiger partial charge in [-0.3, -0.25) is 9.59 Å². The van der Waals surface area contributed by atoms with Crippen molar-refractivity contribution >= 4 is 18.0 Å². The highest BCUT2D eigenvalue weighted by atomic mass is 16.5. The van der Waals surface area contributed by atoms with Gasteiger partial charge in [-0.15, -0.1) is 0 Å². The number of carbonyl (C=O) groups excluding carboxylic acids is 2. The lowest BCUT2D eigenvalue weighted by molar-refractivity contribution is -0.139. The summed E-state index contributed by atoms with van der Waals surface area (Å²) in [6, 6.07) is 5.15. The van der Waals surface area contributed by atoms with Crippen LogP contribution in [0.2, 0.25) is 0 Å². The van der Waals surface area contributed by atoms with E-state index in [2.05, 4.69) is 15.8 Å². The van der Waals surface area contributed by atoms with Crippen LogP contribution in [0.15, 0.2) is 23.3 Å². The first-order chi connectivity index (χ1) is 12.0. The van der Waals surface area contributed by atoms with Crippen LogP contribution in [0.25, 0.3) is 0 Å². The van der Waals surface area contributed by atoms with Crippen LogP contribution >= 0.6 is 0 Å². The van der Waals surface area contributed by atoms with Crippen LogP contribution in [0.1, 0.15) is 25.8 Å². The first kappa shape index (κ1) is 20.4. The van der Waals surface area contributed by atoms with Crippen molar-refractivity contribution in [3.63, 3.8) is 0 Å². The molecule has 0 spiro atoms. The summed E-state index contributed by atoms with van der Waals surface area (Å²) in [4.78, 5) is 23.3. The number of ether oxygens (including phenoxy) is 3. The van der Waals surface area contributed by atoms with E-state index in [1.807, 2.05) is 13.8 Å². The monoisotopic (exact) mass is 351 g/mol. The average Bonchev–Trinajstić information content (AvgIpc) is 2.60. The zero-order valence-corrected chi connectivity index (χ0v) is 15.0. The number of amides is 2. The molecule has 0 bridgehead atoms. The van der Waals surface area contributed by atoms with Crippen molar-refractivity contribution < 1.29 is 23.8 Å². The lowest BCUT2D eigenvalue weighted by Gasteiger charge is -2.08. The van der Waals surface area contributed by atoms with Gasteiger partial charge < -0.3 is 19.5 Å². The largest absolute Gasteiger partial charge is 0.497 e. The van der Waals surface area contributed by atoms with Crippen LogP contribution in [-0.4, -0.2) is 51.5 Å². The highest BCUT2D eigenvalue weighted by Gasteiger charge is 2.11. The molecule has 0 aromatic heterocycles. The molecule has 138 valence electrons. The predicted molar refractivity (Wildman–Crippen MR) is 94.0 cm³/mol. The van der Waals surface area contributed by atoms with Gasteiger partial charge in [-0.05, 0) is 32.4 Å². The molecule has 0 aliphatic carbocycles. The fourth-order valence-electron chi connectivity index (χ4n) is 1.81. The number of methoxy groups -OCH3 is 2. The highest BCUT2D eigenvalue weighted by molar-refractivity contribution is 6.35. The molecule has 25 heavy (non-hydrogen) atoms. The van der Waals surface area contributed by atoms with Gasteiger partial charge in [0, 0.05) is 24.8 Å². The van der Waals surface area contributed by atoms with Gasteiger partial charge in [0.25, 0.3) is 0 Å². The number of nitrogens with one attached hydrogen (secondary N) is 2. The van der Waals surface area contributed by atoms with E-state index in [0.29, 0.717) is 36.6 Å². The average molecular weight is 351 g/mol. The van der Waals surface area contributed by atoms with E-state index in [1.165, 1.54) is 13.3 Å². The summed E-state index contributed by atoms with van der Waals surface area (Å²) >= 11 is 0. The number of carbonyl (C=O) groups is 2. The van der Waals surface area contributed by atoms with Crippen molar-refractivity contribution in [2.45, 2.75) is 26.4 Å². The summed E-state index contributed by atoms with van der Waals surface area (Å²) in [5.74, 6) is -0.414. The maximum absolute atomic E-state index is 11.6. The van der Waals surface area contributed by atoms with E-state index in [-0.39, 0.29) is 6.10 Å². The van der Waals surface area contributed by atoms with E-state index in [1.54, 1.807) is 25.3 Å². The number of hydrogen-bond acceptors (Lipinski definition) is 6. The van der Waals surface area contributed by atoms with Crippen LogP contribution in [-0.2, 0) is 14.3 Å². The summed E-state index contributed by atoms with van der Waals surface area (Å²) in [5.41, 5.74) is 2.80. The van der Waals surface area contributed by atoms with Gasteiger partial charge in [0.1, 0.15) is 11.5 Å². The molecule has 1 rings (SSSR count). The summed E-state index contributed by atoms with van der Waals surface area (Å²) in [6.45, 7) is 4.74. The molecule has 1 aromatic carbocycles. The second-order valence-electron chi connectivity index (χ2n) is 5.34. The Bertz CT molecular complexity index is 602. The Balaban J connectivity index is 2.42. The third kappa shape index (κ3) is 7.67. The minimum absolute atomic E-state index is 0.142. The molecule has 0 saturated heterocycles. The standard InChI is InChI=1S/C17H25N3O5/c1-12(2)25-9-5-8-18-16(21)17(22)20-19-11-13-6-7-14(23-3)10-15(13)24-4/h6-7,10-12H,5,8-9H2,1-4H3,(H,18,21)(H,20,22). The predicted octanol–water partition coefficient (Wildman–Crippen LogP) is 1.09. The lowest BCUT2D eigenvalue weighted by atomic mass is 10.2. The van der Waals surface area contributed by atoms with E-state index in [4.69, 9.17) is 14.2 Å². The summed E-state index contributed by atoms with van der Waals surface area (Å²) in [7, 11) is 3.07. The molecule has 2 amide bonds. The summed E-state index contributed by atoms with van der Waals surface area (Å²) in [6.07, 6.45) is 2.16. The van der Waals surface area contributed by atoms with E-state index >= 15 is 0 Å². The topological polar surface area (TPSA) is 98.2 Å². The van der Waals surface area contributed by atoms with Crippen LogP contribution < -0.4 is 20.2 Å². The quantitative estimate of drug-likeness (QED) is 0.300. The maximum atomic E-state index is 11.6. The van der Waals surface area contributed by atoms with Crippen molar-refractivity contribution in [2.75, 3.05) is 27.4 Å². The van der Waals surface area contributed by atoms with Crippen LogP contribution in [0.5, 0.6) is 11.5 Å². The number of nitrogens with zero attached hydrogens (tertiary/aromatic N) is 1. The third-order valence-electron chi connectivity index (χ3n) is 3.07. The maximum Gasteiger partial charge on any atom is 0.329 e. The molecular formula is C17H25N3O5. The number of hydrogen-bond donors (Lipinski definition) is 2. The SMILES string of the molecule is COc1ccc(C=NNC(=O)C(=O)NCCCOC(C)C)c(OC)c1.